The molecule has 106 valence electrons. The van der Waals surface area contributed by atoms with Crippen LogP contribution in [0.25, 0.3) is 0 Å². The Morgan fingerprint density at radius 3 is 2.11 bits per heavy atom. The molecule has 0 aromatic heterocycles. The lowest BCUT2D eigenvalue weighted by Crippen LogP contribution is -2.54. The maximum absolute atomic E-state index is 5.94. The summed E-state index contributed by atoms with van der Waals surface area (Å²) in [5.41, 5.74) is 7.15. The monoisotopic (exact) mass is 265 g/mol. The van der Waals surface area contributed by atoms with E-state index in [1.807, 2.05) is 6.07 Å². The van der Waals surface area contributed by atoms with Crippen molar-refractivity contribution in [3.05, 3.63) is 23.8 Å². The van der Waals surface area contributed by atoms with Crippen molar-refractivity contribution in [3.8, 4) is 11.5 Å². The fourth-order valence-electron chi connectivity index (χ4n) is 2.84. The topological polar surface area (TPSA) is 53.7 Å². The van der Waals surface area contributed by atoms with Crippen LogP contribution in [0, 0.1) is 5.92 Å². The largest absolute Gasteiger partial charge is 0.497 e. The van der Waals surface area contributed by atoms with Crippen molar-refractivity contribution in [2.75, 3.05) is 34.0 Å². The molecule has 1 atom stereocenters. The number of rotatable bonds is 6. The van der Waals surface area contributed by atoms with Crippen molar-refractivity contribution in [1.82, 2.24) is 0 Å². The Morgan fingerprint density at radius 2 is 1.79 bits per heavy atom. The van der Waals surface area contributed by atoms with E-state index in [-0.39, 0.29) is 5.41 Å². The van der Waals surface area contributed by atoms with E-state index >= 15 is 0 Å². The normalized spacial score (nSPS) is 18.5. The van der Waals surface area contributed by atoms with Gasteiger partial charge >= 0.3 is 0 Å². The van der Waals surface area contributed by atoms with Gasteiger partial charge in [-0.25, -0.2) is 0 Å². The summed E-state index contributed by atoms with van der Waals surface area (Å²) in [4.78, 5) is 0. The number of methoxy groups -OCH3 is 2. The maximum atomic E-state index is 5.94. The Hall–Kier alpha value is -1.26. The highest BCUT2D eigenvalue weighted by Gasteiger charge is 2.46. The smallest absolute Gasteiger partial charge is 0.122 e. The zero-order valence-electron chi connectivity index (χ0n) is 11.9. The Labute approximate surface area is 114 Å². The molecule has 1 heterocycles. The van der Waals surface area contributed by atoms with Gasteiger partial charge in [-0.2, -0.15) is 0 Å². The number of benzene rings is 1. The summed E-state index contributed by atoms with van der Waals surface area (Å²) in [7, 11) is 3.34. The average molecular weight is 265 g/mol. The molecule has 1 aromatic carbocycles. The predicted octanol–water partition coefficient (Wildman–Crippen LogP) is 1.96. The zero-order chi connectivity index (χ0) is 13.9. The molecule has 0 amide bonds. The molecule has 1 aliphatic heterocycles. The Kier molecular flexibility index (Phi) is 4.32. The van der Waals surface area contributed by atoms with Gasteiger partial charge in [0.15, 0.2) is 0 Å². The Balaban J connectivity index is 2.42. The highest BCUT2D eigenvalue weighted by atomic mass is 16.5. The van der Waals surface area contributed by atoms with Crippen LogP contribution in [-0.2, 0) is 10.2 Å². The second-order valence-electron chi connectivity index (χ2n) is 5.09. The van der Waals surface area contributed by atoms with Crippen molar-refractivity contribution in [2.45, 2.75) is 18.8 Å². The first-order valence-electron chi connectivity index (χ1n) is 6.71. The Morgan fingerprint density at radius 1 is 1.21 bits per heavy atom. The van der Waals surface area contributed by atoms with Crippen LogP contribution < -0.4 is 15.2 Å². The molecule has 4 heteroatoms. The van der Waals surface area contributed by atoms with Crippen LogP contribution in [0.3, 0.4) is 0 Å². The van der Waals surface area contributed by atoms with Crippen LogP contribution in [0.4, 0.5) is 0 Å². The van der Waals surface area contributed by atoms with Gasteiger partial charge in [-0.3, -0.25) is 0 Å². The molecule has 0 spiro atoms. The van der Waals surface area contributed by atoms with Gasteiger partial charge in [-0.05, 0) is 30.2 Å². The molecule has 0 saturated carbocycles. The van der Waals surface area contributed by atoms with Crippen LogP contribution in [-0.4, -0.2) is 34.0 Å². The summed E-state index contributed by atoms with van der Waals surface area (Å²) >= 11 is 0. The minimum Gasteiger partial charge on any atom is -0.497 e. The van der Waals surface area contributed by atoms with Crippen molar-refractivity contribution in [3.63, 3.8) is 0 Å². The summed E-state index contributed by atoms with van der Waals surface area (Å²) in [5.74, 6) is 2.04. The SMILES string of the molecule is CCC(CN)C1(c2cc(OC)cc(OC)c2)COC1. The summed E-state index contributed by atoms with van der Waals surface area (Å²) in [6, 6.07) is 6.03. The van der Waals surface area contributed by atoms with Gasteiger partial charge in [0.2, 0.25) is 0 Å². The molecule has 19 heavy (non-hydrogen) atoms. The molecule has 2 rings (SSSR count). The van der Waals surface area contributed by atoms with Crippen molar-refractivity contribution >= 4 is 0 Å². The lowest BCUT2D eigenvalue weighted by molar-refractivity contribution is -0.0899. The molecular formula is C15H23NO3. The average Bonchev–Trinajstić information content (AvgIpc) is 2.41. The predicted molar refractivity (Wildman–Crippen MR) is 74.9 cm³/mol. The van der Waals surface area contributed by atoms with E-state index in [4.69, 9.17) is 19.9 Å². The van der Waals surface area contributed by atoms with E-state index in [2.05, 4.69) is 19.1 Å². The molecule has 1 fully saturated rings. The fourth-order valence-corrected chi connectivity index (χ4v) is 2.84. The van der Waals surface area contributed by atoms with Crippen molar-refractivity contribution < 1.29 is 14.2 Å². The molecule has 0 aliphatic carbocycles. The van der Waals surface area contributed by atoms with Crippen LogP contribution in [0.2, 0.25) is 0 Å². The van der Waals surface area contributed by atoms with Crippen LogP contribution >= 0.6 is 0 Å². The van der Waals surface area contributed by atoms with Gasteiger partial charge in [0, 0.05) is 11.5 Å². The number of nitrogens with two attached hydrogens (primary N) is 1. The molecule has 0 radical (unpaired) electrons. The van der Waals surface area contributed by atoms with E-state index in [9.17, 15) is 0 Å². The van der Waals surface area contributed by atoms with E-state index < -0.39 is 0 Å². The standard InChI is InChI=1S/C15H23NO3/c1-4-11(8-16)15(9-19-10-15)12-5-13(17-2)7-14(6-12)18-3/h5-7,11H,4,8-10,16H2,1-3H3. The van der Waals surface area contributed by atoms with Gasteiger partial charge < -0.3 is 19.9 Å². The molecule has 1 aromatic rings. The first-order chi connectivity index (χ1) is 9.20. The third-order valence-corrected chi connectivity index (χ3v) is 4.20. The zero-order valence-corrected chi connectivity index (χ0v) is 11.9. The van der Waals surface area contributed by atoms with Crippen LogP contribution in [0.5, 0.6) is 11.5 Å². The molecule has 2 N–H and O–H groups in total. The summed E-state index contributed by atoms with van der Waals surface area (Å²) in [6.45, 7) is 4.28. The molecule has 0 bridgehead atoms. The minimum atomic E-state index is 0.00528. The summed E-state index contributed by atoms with van der Waals surface area (Å²) in [6.07, 6.45) is 1.04. The second-order valence-corrected chi connectivity index (χ2v) is 5.09. The molecular weight excluding hydrogens is 242 g/mol. The third kappa shape index (κ3) is 2.42. The molecule has 4 nitrogen and oxygen atoms in total. The van der Waals surface area contributed by atoms with Gasteiger partial charge in [-0.15, -0.1) is 0 Å². The number of hydrogen-bond donors (Lipinski definition) is 1. The second kappa shape index (κ2) is 5.80. The van der Waals surface area contributed by atoms with Gasteiger partial charge in [0.25, 0.3) is 0 Å². The van der Waals surface area contributed by atoms with Crippen LogP contribution in [0.1, 0.15) is 18.9 Å². The number of hydrogen-bond acceptors (Lipinski definition) is 4. The van der Waals surface area contributed by atoms with E-state index in [1.165, 1.54) is 5.56 Å². The number of ether oxygens (including phenoxy) is 3. The van der Waals surface area contributed by atoms with E-state index in [1.54, 1.807) is 14.2 Å². The quantitative estimate of drug-likeness (QED) is 0.854. The summed E-state index contributed by atoms with van der Waals surface area (Å²) in [5, 5.41) is 0. The van der Waals surface area contributed by atoms with Gasteiger partial charge in [-0.1, -0.05) is 13.3 Å². The minimum absolute atomic E-state index is 0.00528. The third-order valence-electron chi connectivity index (χ3n) is 4.20. The van der Waals surface area contributed by atoms with Crippen molar-refractivity contribution in [2.24, 2.45) is 11.7 Å². The molecule has 1 saturated heterocycles. The Bertz CT molecular complexity index is 403. The van der Waals surface area contributed by atoms with E-state index in [0.29, 0.717) is 12.5 Å². The van der Waals surface area contributed by atoms with Gasteiger partial charge in [0.1, 0.15) is 11.5 Å². The van der Waals surface area contributed by atoms with E-state index in [0.717, 1.165) is 31.1 Å². The van der Waals surface area contributed by atoms with Crippen LogP contribution in [0.15, 0.2) is 18.2 Å². The fraction of sp³-hybridized carbons (Fsp3) is 0.600. The first-order valence-corrected chi connectivity index (χ1v) is 6.71. The molecule has 1 unspecified atom stereocenters. The van der Waals surface area contributed by atoms with Crippen molar-refractivity contribution in [1.29, 1.82) is 0 Å². The van der Waals surface area contributed by atoms with Gasteiger partial charge in [0.05, 0.1) is 27.4 Å². The lowest BCUT2D eigenvalue weighted by Gasteiger charge is -2.47. The first kappa shape index (κ1) is 14.2. The molecule has 1 aliphatic rings. The summed E-state index contributed by atoms with van der Waals surface area (Å²) < 4.78 is 16.2. The highest BCUT2D eigenvalue weighted by molar-refractivity contribution is 5.43. The highest BCUT2D eigenvalue weighted by Crippen LogP contribution is 2.43. The lowest BCUT2D eigenvalue weighted by atomic mass is 9.67. The maximum Gasteiger partial charge on any atom is 0.122 e.